The lowest BCUT2D eigenvalue weighted by Gasteiger charge is -2.21. The maximum absolute atomic E-state index is 12.4. The Morgan fingerprint density at radius 1 is 0.968 bits per heavy atom. The zero-order valence-corrected chi connectivity index (χ0v) is 19.5. The Labute approximate surface area is 188 Å². The second-order valence-corrected chi connectivity index (χ2v) is 8.52. The fourth-order valence-electron chi connectivity index (χ4n) is 4.64. The van der Waals surface area contributed by atoms with Gasteiger partial charge in [0.15, 0.2) is 0 Å². The van der Waals surface area contributed by atoms with E-state index in [0.717, 1.165) is 51.0 Å². The first kappa shape index (κ1) is 23.3. The summed E-state index contributed by atoms with van der Waals surface area (Å²) >= 11 is 0. The van der Waals surface area contributed by atoms with Crippen LogP contribution >= 0.6 is 0 Å². The molecule has 4 nitrogen and oxygen atoms in total. The highest BCUT2D eigenvalue weighted by molar-refractivity contribution is 5.92. The first-order valence-electron chi connectivity index (χ1n) is 12.2. The lowest BCUT2D eigenvalue weighted by atomic mass is 9.88. The number of carbonyl (C=O) groups excluding carboxylic acids is 1. The third-order valence-corrected chi connectivity index (χ3v) is 6.41. The molecule has 2 aliphatic rings. The fraction of sp³-hybridized carbons (Fsp3) is 0.519. The molecule has 0 saturated heterocycles. The Hall–Kier alpha value is -2.33. The molecule has 31 heavy (non-hydrogen) atoms. The third-order valence-electron chi connectivity index (χ3n) is 6.41. The van der Waals surface area contributed by atoms with Crippen LogP contribution in [0.25, 0.3) is 0 Å². The SMILES string of the molecule is CC.Cc1ccc2c(c1NCc1ccc(NC(=O)C3CCCCC3)cc1)CCNCC2. The normalized spacial score (nSPS) is 16.4. The van der Waals surface area contributed by atoms with Gasteiger partial charge in [-0.05, 0) is 80.1 Å². The first-order valence-corrected chi connectivity index (χ1v) is 12.2. The number of hydrogen-bond acceptors (Lipinski definition) is 3. The van der Waals surface area contributed by atoms with E-state index in [4.69, 9.17) is 0 Å². The molecule has 168 valence electrons. The zero-order valence-electron chi connectivity index (χ0n) is 19.5. The second kappa shape index (κ2) is 11.9. The number of benzene rings is 2. The molecule has 1 heterocycles. The molecule has 4 heteroatoms. The van der Waals surface area contributed by atoms with Crippen LogP contribution in [0.5, 0.6) is 0 Å². The summed E-state index contributed by atoms with van der Waals surface area (Å²) in [6.45, 7) is 9.08. The molecule has 4 rings (SSSR count). The third kappa shape index (κ3) is 6.33. The number of carbonyl (C=O) groups is 1. The number of nitrogens with one attached hydrogen (secondary N) is 3. The van der Waals surface area contributed by atoms with Crippen LogP contribution in [0.4, 0.5) is 11.4 Å². The summed E-state index contributed by atoms with van der Waals surface area (Å²) in [5.74, 6) is 0.377. The molecule has 1 amide bonds. The number of fused-ring (bicyclic) bond motifs is 1. The molecule has 3 N–H and O–H groups in total. The first-order chi connectivity index (χ1) is 15.2. The largest absolute Gasteiger partial charge is 0.381 e. The molecule has 1 fully saturated rings. The quantitative estimate of drug-likeness (QED) is 0.568. The minimum Gasteiger partial charge on any atom is -0.381 e. The summed E-state index contributed by atoms with van der Waals surface area (Å²) in [5.41, 5.74) is 7.66. The maximum atomic E-state index is 12.4. The van der Waals surface area contributed by atoms with E-state index in [-0.39, 0.29) is 11.8 Å². The standard InChI is InChI=1S/C25H33N3O.C2H6/c1-18-7-10-20-13-15-26-16-14-23(20)24(18)27-17-19-8-11-22(12-9-19)28-25(29)21-5-3-2-4-6-21;1-2/h7-12,21,26-27H,2-6,13-17H2,1H3,(H,28,29);1-2H3. The highest BCUT2D eigenvalue weighted by Gasteiger charge is 2.21. The van der Waals surface area contributed by atoms with Crippen molar-refractivity contribution in [3.8, 4) is 0 Å². The van der Waals surface area contributed by atoms with Crippen LogP contribution in [-0.4, -0.2) is 19.0 Å². The van der Waals surface area contributed by atoms with E-state index in [2.05, 4.69) is 47.1 Å². The van der Waals surface area contributed by atoms with Crippen LogP contribution < -0.4 is 16.0 Å². The van der Waals surface area contributed by atoms with Crippen molar-refractivity contribution in [2.24, 2.45) is 5.92 Å². The van der Waals surface area contributed by atoms with Crippen molar-refractivity contribution in [3.63, 3.8) is 0 Å². The number of anilines is 2. The molecule has 0 unspecified atom stereocenters. The molecule has 0 spiro atoms. The maximum Gasteiger partial charge on any atom is 0.227 e. The minimum atomic E-state index is 0.187. The topological polar surface area (TPSA) is 53.2 Å². The van der Waals surface area contributed by atoms with Gasteiger partial charge in [0.2, 0.25) is 5.91 Å². The van der Waals surface area contributed by atoms with Gasteiger partial charge < -0.3 is 16.0 Å². The van der Waals surface area contributed by atoms with Crippen LogP contribution in [0, 0.1) is 12.8 Å². The van der Waals surface area contributed by atoms with E-state index in [1.807, 2.05) is 26.0 Å². The number of rotatable bonds is 5. The Balaban J connectivity index is 0.00000132. The van der Waals surface area contributed by atoms with E-state index in [1.165, 1.54) is 47.2 Å². The molecule has 2 aromatic carbocycles. The van der Waals surface area contributed by atoms with Gasteiger partial charge in [0.05, 0.1) is 0 Å². The van der Waals surface area contributed by atoms with Crippen molar-refractivity contribution in [3.05, 3.63) is 58.7 Å². The molecule has 1 aliphatic carbocycles. The van der Waals surface area contributed by atoms with Gasteiger partial charge in [-0.25, -0.2) is 0 Å². The van der Waals surface area contributed by atoms with Crippen molar-refractivity contribution >= 4 is 17.3 Å². The van der Waals surface area contributed by atoms with Gasteiger partial charge in [-0.2, -0.15) is 0 Å². The highest BCUT2D eigenvalue weighted by Crippen LogP contribution is 2.28. The monoisotopic (exact) mass is 421 g/mol. The smallest absolute Gasteiger partial charge is 0.227 e. The Morgan fingerprint density at radius 3 is 2.42 bits per heavy atom. The molecule has 0 radical (unpaired) electrons. The number of amides is 1. The minimum absolute atomic E-state index is 0.187. The van der Waals surface area contributed by atoms with E-state index in [9.17, 15) is 4.79 Å². The van der Waals surface area contributed by atoms with Crippen molar-refractivity contribution in [2.45, 2.75) is 72.3 Å². The number of hydrogen-bond donors (Lipinski definition) is 3. The molecule has 1 saturated carbocycles. The van der Waals surface area contributed by atoms with Crippen LogP contribution in [-0.2, 0) is 24.2 Å². The van der Waals surface area contributed by atoms with Crippen molar-refractivity contribution in [1.82, 2.24) is 5.32 Å². The van der Waals surface area contributed by atoms with E-state index in [1.54, 1.807) is 0 Å². The van der Waals surface area contributed by atoms with Gasteiger partial charge in [-0.1, -0.05) is 57.4 Å². The van der Waals surface area contributed by atoms with Crippen molar-refractivity contribution in [2.75, 3.05) is 23.7 Å². The predicted molar refractivity (Wildman–Crippen MR) is 132 cm³/mol. The summed E-state index contributed by atoms with van der Waals surface area (Å²) in [6, 6.07) is 12.8. The Bertz CT molecular complexity index is 838. The van der Waals surface area contributed by atoms with Gasteiger partial charge >= 0.3 is 0 Å². The molecule has 2 aromatic rings. The van der Waals surface area contributed by atoms with Gasteiger partial charge in [0, 0.05) is 23.8 Å². The summed E-state index contributed by atoms with van der Waals surface area (Å²) in [7, 11) is 0. The van der Waals surface area contributed by atoms with E-state index >= 15 is 0 Å². The molecular formula is C27H39N3O. The van der Waals surface area contributed by atoms with Crippen molar-refractivity contribution < 1.29 is 4.79 Å². The predicted octanol–water partition coefficient (Wildman–Crippen LogP) is 5.84. The van der Waals surface area contributed by atoms with Crippen LogP contribution in [0.1, 0.15) is 68.2 Å². The zero-order chi connectivity index (χ0) is 22.1. The average Bonchev–Trinajstić information content (AvgIpc) is 3.07. The van der Waals surface area contributed by atoms with E-state index in [0.29, 0.717) is 0 Å². The van der Waals surface area contributed by atoms with Crippen molar-refractivity contribution in [1.29, 1.82) is 0 Å². The summed E-state index contributed by atoms with van der Waals surface area (Å²) in [4.78, 5) is 12.4. The molecule has 0 aromatic heterocycles. The second-order valence-electron chi connectivity index (χ2n) is 8.52. The summed E-state index contributed by atoms with van der Waals surface area (Å²) in [5, 5.41) is 10.3. The lowest BCUT2D eigenvalue weighted by molar-refractivity contribution is -0.120. The molecule has 1 aliphatic heterocycles. The Morgan fingerprint density at radius 2 is 1.68 bits per heavy atom. The van der Waals surface area contributed by atoms with Gasteiger partial charge in [-0.15, -0.1) is 0 Å². The molecule has 0 bridgehead atoms. The van der Waals surface area contributed by atoms with Gasteiger partial charge in [0.1, 0.15) is 0 Å². The van der Waals surface area contributed by atoms with Gasteiger partial charge in [0.25, 0.3) is 0 Å². The highest BCUT2D eigenvalue weighted by atomic mass is 16.1. The van der Waals surface area contributed by atoms with Gasteiger partial charge in [-0.3, -0.25) is 4.79 Å². The fourth-order valence-corrected chi connectivity index (χ4v) is 4.64. The summed E-state index contributed by atoms with van der Waals surface area (Å²) < 4.78 is 0. The average molecular weight is 422 g/mol. The Kier molecular flexibility index (Phi) is 8.96. The summed E-state index contributed by atoms with van der Waals surface area (Å²) in [6.07, 6.45) is 7.87. The lowest BCUT2D eigenvalue weighted by Crippen LogP contribution is -2.24. The van der Waals surface area contributed by atoms with Crippen LogP contribution in [0.2, 0.25) is 0 Å². The molecule has 0 atom stereocenters. The van der Waals surface area contributed by atoms with E-state index < -0.39 is 0 Å². The number of aryl methyl sites for hydroxylation is 1. The molecular weight excluding hydrogens is 382 g/mol. The van der Waals surface area contributed by atoms with Crippen LogP contribution in [0.15, 0.2) is 36.4 Å². The van der Waals surface area contributed by atoms with Crippen LogP contribution in [0.3, 0.4) is 0 Å².